The van der Waals surface area contributed by atoms with Gasteiger partial charge in [0, 0.05) is 6.42 Å². The minimum Gasteiger partial charge on any atom is -0.490 e. The van der Waals surface area contributed by atoms with E-state index in [9.17, 15) is 4.79 Å². The first kappa shape index (κ1) is 15.2. The van der Waals surface area contributed by atoms with E-state index in [2.05, 4.69) is 0 Å². The summed E-state index contributed by atoms with van der Waals surface area (Å²) in [6.45, 7) is 3.36. The van der Waals surface area contributed by atoms with Crippen LogP contribution in [0, 0.1) is 0 Å². The highest BCUT2D eigenvalue weighted by molar-refractivity contribution is 5.88. The van der Waals surface area contributed by atoms with Crippen molar-refractivity contribution < 1.29 is 19.4 Å². The van der Waals surface area contributed by atoms with Crippen LogP contribution in [-0.2, 0) is 0 Å². The van der Waals surface area contributed by atoms with Crippen molar-refractivity contribution in [2.24, 2.45) is 0 Å². The molecule has 0 spiro atoms. The summed E-state index contributed by atoms with van der Waals surface area (Å²) in [5.74, 6) is 0.638. The fourth-order valence-corrected chi connectivity index (χ4v) is 2.46. The van der Waals surface area contributed by atoms with E-state index in [0.29, 0.717) is 13.2 Å². The van der Waals surface area contributed by atoms with Gasteiger partial charge >= 0.3 is 5.97 Å². The quantitative estimate of drug-likeness (QED) is 0.867. The molecule has 23 heavy (non-hydrogen) atoms. The van der Waals surface area contributed by atoms with Crippen LogP contribution in [0.3, 0.4) is 0 Å². The number of carboxylic acids is 1. The summed E-state index contributed by atoms with van der Waals surface area (Å²) in [6.07, 6.45) is 2.90. The molecule has 4 heteroatoms. The second-order valence-corrected chi connectivity index (χ2v) is 5.47. The number of rotatable bonds is 3. The first-order valence-corrected chi connectivity index (χ1v) is 7.55. The second kappa shape index (κ2) is 6.57. The summed E-state index contributed by atoms with van der Waals surface area (Å²) in [6, 6.07) is 12.7. The van der Waals surface area contributed by atoms with Crippen LogP contribution in [-0.4, -0.2) is 24.3 Å². The van der Waals surface area contributed by atoms with Gasteiger partial charge in [-0.05, 0) is 47.9 Å². The fraction of sp³-hybridized carbons (Fsp3) is 0.211. The standard InChI is InChI=1S/C19H18O4/c1-13(11-14-3-5-15(6-4-14)19(20)21)16-7-8-17-18(12-16)23-10-2-9-22-17/h3-8,11-12H,2,9-10H2,1H3,(H,20,21). The molecule has 1 N–H and O–H groups in total. The summed E-state index contributed by atoms with van der Waals surface area (Å²) >= 11 is 0. The molecule has 0 aromatic heterocycles. The SMILES string of the molecule is CC(=Cc1ccc(C(=O)O)cc1)c1ccc2c(c1)OCCCO2. The third-order valence-electron chi connectivity index (χ3n) is 3.74. The molecule has 2 aromatic carbocycles. The van der Waals surface area contributed by atoms with Crippen LogP contribution in [0.25, 0.3) is 11.6 Å². The molecule has 4 nitrogen and oxygen atoms in total. The van der Waals surface area contributed by atoms with Crippen LogP contribution in [0.15, 0.2) is 42.5 Å². The molecule has 0 fully saturated rings. The lowest BCUT2D eigenvalue weighted by molar-refractivity contribution is 0.0697. The molecular weight excluding hydrogens is 292 g/mol. The summed E-state index contributed by atoms with van der Waals surface area (Å²) in [4.78, 5) is 10.9. The lowest BCUT2D eigenvalue weighted by atomic mass is 10.0. The van der Waals surface area contributed by atoms with E-state index in [4.69, 9.17) is 14.6 Å². The Bertz CT molecular complexity index is 744. The summed E-state index contributed by atoms with van der Waals surface area (Å²) in [5.41, 5.74) is 3.37. The highest BCUT2D eigenvalue weighted by Gasteiger charge is 2.11. The van der Waals surface area contributed by atoms with Crippen LogP contribution in [0.5, 0.6) is 11.5 Å². The Morgan fingerprint density at radius 2 is 1.65 bits per heavy atom. The Morgan fingerprint density at radius 1 is 1.00 bits per heavy atom. The Hall–Kier alpha value is -2.75. The number of hydrogen-bond acceptors (Lipinski definition) is 3. The Morgan fingerprint density at radius 3 is 2.35 bits per heavy atom. The van der Waals surface area contributed by atoms with Gasteiger partial charge in [0.2, 0.25) is 0 Å². The van der Waals surface area contributed by atoms with E-state index in [1.165, 1.54) is 0 Å². The highest BCUT2D eigenvalue weighted by Crippen LogP contribution is 2.33. The van der Waals surface area contributed by atoms with E-state index < -0.39 is 5.97 Å². The average molecular weight is 310 g/mol. The molecule has 0 unspecified atom stereocenters. The maximum Gasteiger partial charge on any atom is 0.335 e. The molecule has 0 radical (unpaired) electrons. The van der Waals surface area contributed by atoms with E-state index in [0.717, 1.165) is 34.6 Å². The molecule has 1 aliphatic heterocycles. The molecule has 118 valence electrons. The molecule has 0 atom stereocenters. The lowest BCUT2D eigenvalue weighted by Gasteiger charge is -2.10. The third kappa shape index (κ3) is 3.54. The van der Waals surface area contributed by atoms with Crippen molar-refractivity contribution in [2.45, 2.75) is 13.3 Å². The summed E-state index contributed by atoms with van der Waals surface area (Å²) < 4.78 is 11.4. The maximum absolute atomic E-state index is 10.9. The second-order valence-electron chi connectivity index (χ2n) is 5.47. The van der Waals surface area contributed by atoms with Gasteiger partial charge in [0.25, 0.3) is 0 Å². The van der Waals surface area contributed by atoms with E-state index >= 15 is 0 Å². The van der Waals surface area contributed by atoms with Crippen molar-refractivity contribution >= 4 is 17.6 Å². The normalized spacial score (nSPS) is 14.2. The molecule has 0 saturated heterocycles. The van der Waals surface area contributed by atoms with Crippen molar-refractivity contribution in [1.82, 2.24) is 0 Å². The zero-order valence-electron chi connectivity index (χ0n) is 12.9. The number of ether oxygens (including phenoxy) is 2. The van der Waals surface area contributed by atoms with Gasteiger partial charge in [-0.15, -0.1) is 0 Å². The zero-order chi connectivity index (χ0) is 16.2. The number of allylic oxidation sites excluding steroid dienone is 1. The maximum atomic E-state index is 10.9. The molecule has 0 amide bonds. The number of benzene rings is 2. The van der Waals surface area contributed by atoms with Gasteiger partial charge in [-0.2, -0.15) is 0 Å². The monoisotopic (exact) mass is 310 g/mol. The minimum atomic E-state index is -0.917. The van der Waals surface area contributed by atoms with Crippen LogP contribution in [0.2, 0.25) is 0 Å². The van der Waals surface area contributed by atoms with Gasteiger partial charge in [-0.25, -0.2) is 4.79 Å². The van der Waals surface area contributed by atoms with Crippen LogP contribution >= 0.6 is 0 Å². The first-order valence-electron chi connectivity index (χ1n) is 7.55. The minimum absolute atomic E-state index is 0.287. The number of carboxylic acid groups (broad SMARTS) is 1. The molecule has 0 saturated carbocycles. The molecular formula is C19H18O4. The highest BCUT2D eigenvalue weighted by atomic mass is 16.5. The van der Waals surface area contributed by atoms with E-state index in [-0.39, 0.29) is 5.56 Å². The fourth-order valence-electron chi connectivity index (χ4n) is 2.46. The smallest absolute Gasteiger partial charge is 0.335 e. The zero-order valence-corrected chi connectivity index (χ0v) is 12.9. The van der Waals surface area contributed by atoms with Gasteiger partial charge in [0.1, 0.15) is 0 Å². The summed E-state index contributed by atoms with van der Waals surface area (Å²) in [5, 5.41) is 8.93. The van der Waals surface area contributed by atoms with E-state index in [1.54, 1.807) is 24.3 Å². The lowest BCUT2D eigenvalue weighted by Crippen LogP contribution is -1.97. The van der Waals surface area contributed by atoms with Crippen LogP contribution < -0.4 is 9.47 Å². The van der Waals surface area contributed by atoms with Gasteiger partial charge < -0.3 is 14.6 Å². The number of hydrogen-bond donors (Lipinski definition) is 1. The summed E-state index contributed by atoms with van der Waals surface area (Å²) in [7, 11) is 0. The molecule has 1 heterocycles. The number of aromatic carboxylic acids is 1. The van der Waals surface area contributed by atoms with Crippen molar-refractivity contribution in [3.63, 3.8) is 0 Å². The Kier molecular flexibility index (Phi) is 4.33. The predicted molar refractivity (Wildman–Crippen MR) is 89.0 cm³/mol. The van der Waals surface area contributed by atoms with Crippen molar-refractivity contribution in [1.29, 1.82) is 0 Å². The number of carbonyl (C=O) groups is 1. The molecule has 1 aliphatic rings. The van der Waals surface area contributed by atoms with Gasteiger partial charge in [0.05, 0.1) is 18.8 Å². The van der Waals surface area contributed by atoms with E-state index in [1.807, 2.05) is 31.2 Å². The Balaban J connectivity index is 1.85. The molecule has 3 rings (SSSR count). The third-order valence-corrected chi connectivity index (χ3v) is 3.74. The number of fused-ring (bicyclic) bond motifs is 1. The largest absolute Gasteiger partial charge is 0.490 e. The first-order chi connectivity index (χ1) is 11.1. The average Bonchev–Trinajstić information content (AvgIpc) is 2.79. The predicted octanol–water partition coefficient (Wildman–Crippen LogP) is 4.11. The van der Waals surface area contributed by atoms with Gasteiger partial charge in [-0.3, -0.25) is 0 Å². The molecule has 2 aromatic rings. The molecule has 0 aliphatic carbocycles. The topological polar surface area (TPSA) is 55.8 Å². The van der Waals surface area contributed by atoms with Crippen LogP contribution in [0.4, 0.5) is 0 Å². The Labute approximate surface area is 135 Å². The van der Waals surface area contributed by atoms with Gasteiger partial charge in [0.15, 0.2) is 11.5 Å². The van der Waals surface area contributed by atoms with Crippen molar-refractivity contribution in [2.75, 3.05) is 13.2 Å². The van der Waals surface area contributed by atoms with Crippen LogP contribution in [0.1, 0.15) is 34.8 Å². The van der Waals surface area contributed by atoms with Crippen molar-refractivity contribution in [3.8, 4) is 11.5 Å². The van der Waals surface area contributed by atoms with Gasteiger partial charge in [-0.1, -0.05) is 24.3 Å². The molecule has 0 bridgehead atoms. The van der Waals surface area contributed by atoms with Crippen molar-refractivity contribution in [3.05, 3.63) is 59.2 Å².